The van der Waals surface area contributed by atoms with Crippen molar-refractivity contribution in [2.75, 3.05) is 40.1 Å². The molecule has 20 heavy (non-hydrogen) atoms. The summed E-state index contributed by atoms with van der Waals surface area (Å²) in [5, 5.41) is 0. The number of sulfonamides is 1. The summed E-state index contributed by atoms with van der Waals surface area (Å²) < 4.78 is 31.0. The summed E-state index contributed by atoms with van der Waals surface area (Å²) in [4.78, 5) is 2.00. The van der Waals surface area contributed by atoms with Crippen molar-refractivity contribution < 1.29 is 13.2 Å². The lowest BCUT2D eigenvalue weighted by atomic mass is 10.0. The van der Waals surface area contributed by atoms with Crippen molar-refractivity contribution in [3.05, 3.63) is 35.4 Å². The zero-order valence-electron chi connectivity index (χ0n) is 12.6. The molecule has 0 aliphatic heterocycles. The molecule has 6 heteroatoms. The maximum absolute atomic E-state index is 11.8. The predicted octanol–water partition coefficient (Wildman–Crippen LogP) is 1.16. The smallest absolute Gasteiger partial charge is 0.213 e. The van der Waals surface area contributed by atoms with Gasteiger partial charge in [-0.3, -0.25) is 0 Å². The molecule has 0 radical (unpaired) electrons. The Labute approximate surface area is 122 Å². The van der Waals surface area contributed by atoms with Gasteiger partial charge in [0.1, 0.15) is 0 Å². The number of aryl methyl sites for hydroxylation is 1. The number of benzene rings is 1. The molecule has 1 aromatic carbocycles. The van der Waals surface area contributed by atoms with Crippen LogP contribution in [0, 0.1) is 6.92 Å². The van der Waals surface area contributed by atoms with Crippen LogP contribution in [-0.4, -0.2) is 53.4 Å². The van der Waals surface area contributed by atoms with Gasteiger partial charge in [-0.05, 0) is 26.6 Å². The van der Waals surface area contributed by atoms with Crippen LogP contribution in [0.1, 0.15) is 17.2 Å². The molecule has 0 heterocycles. The zero-order valence-corrected chi connectivity index (χ0v) is 13.4. The number of methoxy groups -OCH3 is 1. The summed E-state index contributed by atoms with van der Waals surface area (Å²) in [5.74, 6) is -0.0163. The largest absolute Gasteiger partial charge is 0.384 e. The second-order valence-electron chi connectivity index (χ2n) is 5.05. The number of nitrogens with one attached hydrogen (secondary N) is 1. The fourth-order valence-electron chi connectivity index (χ4n) is 1.86. The van der Waals surface area contributed by atoms with Crippen molar-refractivity contribution in [3.63, 3.8) is 0 Å². The van der Waals surface area contributed by atoms with Crippen molar-refractivity contribution in [1.29, 1.82) is 0 Å². The van der Waals surface area contributed by atoms with E-state index in [-0.39, 0.29) is 18.4 Å². The maximum Gasteiger partial charge on any atom is 0.213 e. The van der Waals surface area contributed by atoms with E-state index in [0.29, 0.717) is 6.54 Å². The van der Waals surface area contributed by atoms with Crippen LogP contribution in [0.3, 0.4) is 0 Å². The highest BCUT2D eigenvalue weighted by atomic mass is 32.2. The molecule has 0 aliphatic rings. The molecular formula is C14H24N2O3S. The summed E-state index contributed by atoms with van der Waals surface area (Å²) >= 11 is 0. The first-order valence-electron chi connectivity index (χ1n) is 6.55. The van der Waals surface area contributed by atoms with Crippen LogP contribution in [0.5, 0.6) is 0 Å². The zero-order chi connectivity index (χ0) is 15.2. The minimum atomic E-state index is -3.29. The van der Waals surface area contributed by atoms with Gasteiger partial charge in [-0.25, -0.2) is 13.1 Å². The maximum atomic E-state index is 11.8. The quantitative estimate of drug-likeness (QED) is 0.783. The van der Waals surface area contributed by atoms with Gasteiger partial charge in [0.15, 0.2) is 0 Å². The molecule has 0 bridgehead atoms. The highest BCUT2D eigenvalue weighted by molar-refractivity contribution is 7.89. The van der Waals surface area contributed by atoms with E-state index >= 15 is 0 Å². The van der Waals surface area contributed by atoms with Crippen molar-refractivity contribution >= 4 is 10.0 Å². The Bertz CT molecular complexity index is 498. The average Bonchev–Trinajstić information content (AvgIpc) is 2.38. The molecule has 0 saturated carbocycles. The van der Waals surface area contributed by atoms with Gasteiger partial charge in [0.05, 0.1) is 12.4 Å². The van der Waals surface area contributed by atoms with Gasteiger partial charge in [0, 0.05) is 19.7 Å². The number of hydrogen-bond donors (Lipinski definition) is 1. The average molecular weight is 300 g/mol. The van der Waals surface area contributed by atoms with Crippen LogP contribution in [0.4, 0.5) is 0 Å². The minimum Gasteiger partial charge on any atom is -0.384 e. The number of ether oxygens (including phenoxy) is 1. The normalized spacial score (nSPS) is 13.7. The lowest BCUT2D eigenvalue weighted by Crippen LogP contribution is -2.36. The summed E-state index contributed by atoms with van der Waals surface area (Å²) in [7, 11) is 2.08. The van der Waals surface area contributed by atoms with Crippen LogP contribution in [0.25, 0.3) is 0 Å². The van der Waals surface area contributed by atoms with Crippen LogP contribution < -0.4 is 4.72 Å². The van der Waals surface area contributed by atoms with Crippen molar-refractivity contribution in [2.24, 2.45) is 0 Å². The van der Waals surface area contributed by atoms with Gasteiger partial charge < -0.3 is 9.64 Å². The van der Waals surface area contributed by atoms with Crippen LogP contribution in [0.15, 0.2) is 24.3 Å². The third kappa shape index (κ3) is 5.58. The van der Waals surface area contributed by atoms with Gasteiger partial charge in [0.2, 0.25) is 10.0 Å². The fraction of sp³-hybridized carbons (Fsp3) is 0.571. The third-order valence-electron chi connectivity index (χ3n) is 3.14. The van der Waals surface area contributed by atoms with E-state index in [0.717, 1.165) is 5.56 Å². The predicted molar refractivity (Wildman–Crippen MR) is 81.3 cm³/mol. The number of likely N-dealkylation sites (N-methyl/N-ethyl adjacent to an activating group) is 1. The molecule has 114 valence electrons. The van der Waals surface area contributed by atoms with Gasteiger partial charge in [-0.15, -0.1) is 0 Å². The fourth-order valence-corrected chi connectivity index (χ4v) is 2.80. The van der Waals surface area contributed by atoms with E-state index < -0.39 is 10.0 Å². The number of rotatable bonds is 8. The van der Waals surface area contributed by atoms with Gasteiger partial charge >= 0.3 is 0 Å². The number of nitrogens with zero attached hydrogens (tertiary/aromatic N) is 1. The lowest BCUT2D eigenvalue weighted by Gasteiger charge is -2.25. The molecule has 0 spiro atoms. The molecule has 1 rings (SSSR count). The first-order valence-corrected chi connectivity index (χ1v) is 8.20. The van der Waals surface area contributed by atoms with E-state index in [1.807, 2.05) is 50.2 Å². The van der Waals surface area contributed by atoms with E-state index in [9.17, 15) is 8.42 Å². The molecule has 0 fully saturated rings. The summed E-state index contributed by atoms with van der Waals surface area (Å²) in [5.41, 5.74) is 2.28. The Balaban J connectivity index is 2.71. The Kier molecular flexibility index (Phi) is 6.61. The highest BCUT2D eigenvalue weighted by Gasteiger charge is 2.17. The highest BCUT2D eigenvalue weighted by Crippen LogP contribution is 2.18. The minimum absolute atomic E-state index is 0.00733. The summed E-state index contributed by atoms with van der Waals surface area (Å²) in [6.07, 6.45) is 0. The Morgan fingerprint density at radius 2 is 1.85 bits per heavy atom. The van der Waals surface area contributed by atoms with E-state index in [4.69, 9.17) is 4.74 Å². The van der Waals surface area contributed by atoms with Gasteiger partial charge in [0.25, 0.3) is 0 Å². The van der Waals surface area contributed by atoms with Crippen LogP contribution >= 0.6 is 0 Å². The Morgan fingerprint density at radius 1 is 1.25 bits per heavy atom. The molecule has 1 atom stereocenters. The van der Waals surface area contributed by atoms with E-state index in [2.05, 4.69) is 4.72 Å². The van der Waals surface area contributed by atoms with Gasteiger partial charge in [-0.2, -0.15) is 0 Å². The molecule has 5 nitrogen and oxygen atoms in total. The van der Waals surface area contributed by atoms with Crippen molar-refractivity contribution in [1.82, 2.24) is 9.62 Å². The Hall–Kier alpha value is -0.950. The molecule has 0 amide bonds. The van der Waals surface area contributed by atoms with Crippen molar-refractivity contribution in [2.45, 2.75) is 13.0 Å². The van der Waals surface area contributed by atoms with Crippen LogP contribution in [0.2, 0.25) is 0 Å². The first kappa shape index (κ1) is 17.1. The second kappa shape index (κ2) is 7.73. The SMILES string of the molecule is COCCS(=O)(=O)NCC(c1ccc(C)cc1)N(C)C. The van der Waals surface area contributed by atoms with E-state index in [1.165, 1.54) is 12.7 Å². The topological polar surface area (TPSA) is 58.6 Å². The summed E-state index contributed by atoms with van der Waals surface area (Å²) in [6.45, 7) is 2.58. The molecule has 1 aromatic rings. The Morgan fingerprint density at radius 3 is 2.35 bits per heavy atom. The monoisotopic (exact) mass is 300 g/mol. The summed E-state index contributed by atoms with van der Waals surface area (Å²) in [6, 6.07) is 8.14. The second-order valence-corrected chi connectivity index (χ2v) is 6.98. The molecule has 0 aliphatic carbocycles. The lowest BCUT2D eigenvalue weighted by molar-refractivity contribution is 0.216. The molecular weight excluding hydrogens is 276 g/mol. The molecule has 1 unspecified atom stereocenters. The van der Waals surface area contributed by atoms with Gasteiger partial charge in [-0.1, -0.05) is 29.8 Å². The molecule has 0 saturated heterocycles. The number of hydrogen-bond acceptors (Lipinski definition) is 4. The van der Waals surface area contributed by atoms with E-state index in [1.54, 1.807) is 0 Å². The standard InChI is InChI=1S/C14H24N2O3S/c1-12-5-7-13(8-6-12)14(16(2)3)11-15-20(17,18)10-9-19-4/h5-8,14-15H,9-11H2,1-4H3. The van der Waals surface area contributed by atoms with Crippen LogP contribution in [-0.2, 0) is 14.8 Å². The molecule has 1 N–H and O–H groups in total. The third-order valence-corrected chi connectivity index (χ3v) is 4.45. The first-order chi connectivity index (χ1) is 9.35. The van der Waals surface area contributed by atoms with Crippen molar-refractivity contribution in [3.8, 4) is 0 Å². The molecule has 0 aromatic heterocycles.